The smallest absolute Gasteiger partial charge is 0.248 e. The van der Waals surface area contributed by atoms with Crippen molar-refractivity contribution >= 4 is 47.3 Å². The Bertz CT molecular complexity index is 1510. The molecule has 9 nitrogen and oxygen atoms in total. The van der Waals surface area contributed by atoms with Gasteiger partial charge in [0.2, 0.25) is 15.9 Å². The van der Waals surface area contributed by atoms with Crippen molar-refractivity contribution in [3.8, 4) is 18.1 Å². The number of nitrogens with two attached hydrogens (primary N) is 1. The van der Waals surface area contributed by atoms with Gasteiger partial charge in [0.25, 0.3) is 0 Å². The number of sulfonamides is 1. The predicted molar refractivity (Wildman–Crippen MR) is 125 cm³/mol. The lowest BCUT2D eigenvalue weighted by atomic mass is 10.3. The number of carbonyl (C=O) groups excluding carboxylic acids is 1. The van der Waals surface area contributed by atoms with Gasteiger partial charge in [0.05, 0.1) is 39.4 Å². The lowest BCUT2D eigenvalue weighted by Gasteiger charge is -2.05. The number of hydrogen-bond acceptors (Lipinski definition) is 7. The van der Waals surface area contributed by atoms with Gasteiger partial charge in [-0.2, -0.15) is 4.99 Å². The van der Waals surface area contributed by atoms with Crippen LogP contribution in [0.25, 0.3) is 10.2 Å². The van der Waals surface area contributed by atoms with Gasteiger partial charge in [-0.15, -0.1) is 6.42 Å². The molecule has 0 spiro atoms. The van der Waals surface area contributed by atoms with Crippen molar-refractivity contribution < 1.29 is 26.4 Å². The summed E-state index contributed by atoms with van der Waals surface area (Å²) < 4.78 is 55.4. The number of benzene rings is 2. The van der Waals surface area contributed by atoms with Crippen LogP contribution in [0, 0.1) is 12.3 Å². The van der Waals surface area contributed by atoms with Crippen LogP contribution < -0.4 is 14.7 Å². The molecule has 174 valence electrons. The van der Waals surface area contributed by atoms with Crippen LogP contribution in [-0.2, 0) is 31.2 Å². The number of fused-ring (bicyclic) bond motifs is 1. The number of methoxy groups -OCH3 is 1. The van der Waals surface area contributed by atoms with E-state index in [0.717, 1.165) is 11.3 Å². The van der Waals surface area contributed by atoms with E-state index in [1.165, 1.54) is 31.4 Å². The number of terminal acetylenes is 1. The zero-order valence-electron chi connectivity index (χ0n) is 17.6. The molecule has 2 N–H and O–H groups in total. The van der Waals surface area contributed by atoms with E-state index >= 15 is 0 Å². The highest BCUT2D eigenvalue weighted by molar-refractivity contribution is 7.91. The second-order valence-corrected chi connectivity index (χ2v) is 11.6. The Morgan fingerprint density at radius 2 is 1.82 bits per heavy atom. The molecule has 0 saturated carbocycles. The first-order chi connectivity index (χ1) is 15.5. The highest BCUT2D eigenvalue weighted by Gasteiger charge is 2.16. The first kappa shape index (κ1) is 24.7. The largest absolute Gasteiger partial charge is 0.497 e. The maximum Gasteiger partial charge on any atom is 0.248 e. The SMILES string of the molecule is C#CCn1c(=NC(=O)CCCS(=O)(=O)c2ccc(OC)cc2)sc2cc(S(N)(=O)=O)ccc21. The summed E-state index contributed by atoms with van der Waals surface area (Å²) in [5, 5.41) is 5.18. The van der Waals surface area contributed by atoms with Crippen LogP contribution in [0.4, 0.5) is 0 Å². The van der Waals surface area contributed by atoms with Crippen molar-refractivity contribution in [3.63, 3.8) is 0 Å². The van der Waals surface area contributed by atoms with Gasteiger partial charge >= 0.3 is 0 Å². The van der Waals surface area contributed by atoms with Crippen molar-refractivity contribution in [2.24, 2.45) is 10.1 Å². The summed E-state index contributed by atoms with van der Waals surface area (Å²) in [6.45, 7) is 0.118. The first-order valence-electron chi connectivity index (χ1n) is 9.59. The summed E-state index contributed by atoms with van der Waals surface area (Å²) in [4.78, 5) is 16.9. The average molecular weight is 508 g/mol. The van der Waals surface area contributed by atoms with Crippen LogP contribution in [0.15, 0.2) is 57.2 Å². The topological polar surface area (TPSA) is 138 Å². The summed E-state index contributed by atoms with van der Waals surface area (Å²) >= 11 is 1.09. The Labute approximate surface area is 195 Å². The first-order valence-corrected chi connectivity index (χ1v) is 13.6. The molecule has 12 heteroatoms. The van der Waals surface area contributed by atoms with Crippen LogP contribution in [0.5, 0.6) is 5.75 Å². The van der Waals surface area contributed by atoms with Crippen LogP contribution >= 0.6 is 11.3 Å². The Morgan fingerprint density at radius 3 is 2.42 bits per heavy atom. The summed E-state index contributed by atoms with van der Waals surface area (Å²) in [7, 11) is -5.96. The van der Waals surface area contributed by atoms with E-state index in [-0.39, 0.29) is 39.7 Å². The minimum atomic E-state index is -3.89. The molecule has 3 aromatic rings. The number of ether oxygens (including phenoxy) is 1. The van der Waals surface area contributed by atoms with E-state index < -0.39 is 25.8 Å². The minimum Gasteiger partial charge on any atom is -0.497 e. The van der Waals surface area contributed by atoms with Crippen LogP contribution in [0.3, 0.4) is 0 Å². The molecule has 33 heavy (non-hydrogen) atoms. The third kappa shape index (κ3) is 5.88. The zero-order chi connectivity index (χ0) is 24.2. The number of aromatic nitrogens is 1. The van der Waals surface area contributed by atoms with Crippen molar-refractivity contribution in [1.82, 2.24) is 4.57 Å². The number of primary sulfonamides is 1. The van der Waals surface area contributed by atoms with Gasteiger partial charge in [-0.25, -0.2) is 22.0 Å². The zero-order valence-corrected chi connectivity index (χ0v) is 20.0. The number of rotatable bonds is 8. The molecular weight excluding hydrogens is 486 g/mol. The third-order valence-corrected chi connectivity index (χ3v) is 8.44. The molecule has 0 fully saturated rings. The van der Waals surface area contributed by atoms with Crippen molar-refractivity contribution in [3.05, 3.63) is 47.3 Å². The van der Waals surface area contributed by atoms with Crippen molar-refractivity contribution in [2.75, 3.05) is 12.9 Å². The summed E-state index contributed by atoms with van der Waals surface area (Å²) in [6.07, 6.45) is 5.44. The maximum absolute atomic E-state index is 12.5. The van der Waals surface area contributed by atoms with E-state index in [2.05, 4.69) is 10.9 Å². The Kier molecular flexibility index (Phi) is 7.38. The molecular formula is C21H21N3O6S3. The summed E-state index contributed by atoms with van der Waals surface area (Å²) in [6, 6.07) is 10.3. The Balaban J connectivity index is 1.79. The lowest BCUT2D eigenvalue weighted by Crippen LogP contribution is -2.17. The monoisotopic (exact) mass is 507 g/mol. The van der Waals surface area contributed by atoms with E-state index in [1.807, 2.05) is 0 Å². The average Bonchev–Trinajstić information content (AvgIpc) is 3.09. The molecule has 0 atom stereocenters. The quantitative estimate of drug-likeness (QED) is 0.460. The number of nitrogens with zero attached hydrogens (tertiary/aromatic N) is 2. The molecule has 1 aromatic heterocycles. The fourth-order valence-corrected chi connectivity index (χ4v) is 6.05. The summed E-state index contributed by atoms with van der Waals surface area (Å²) in [5.74, 6) is 2.30. The van der Waals surface area contributed by atoms with E-state index in [0.29, 0.717) is 16.0 Å². The molecule has 0 saturated heterocycles. The minimum absolute atomic E-state index is 0.0641. The second-order valence-electron chi connectivity index (χ2n) is 6.95. The van der Waals surface area contributed by atoms with E-state index in [9.17, 15) is 21.6 Å². The van der Waals surface area contributed by atoms with Crippen LogP contribution in [0.2, 0.25) is 0 Å². The van der Waals surface area contributed by atoms with E-state index in [4.69, 9.17) is 16.3 Å². The number of carbonyl (C=O) groups is 1. The van der Waals surface area contributed by atoms with Gasteiger partial charge in [-0.3, -0.25) is 4.79 Å². The molecule has 0 unspecified atom stereocenters. The second kappa shape index (κ2) is 9.88. The standard InChI is InChI=1S/C21H21N3O6S3/c1-3-12-24-18-11-10-17(33(22,28)29)14-19(18)31-21(24)23-20(25)5-4-13-32(26,27)16-8-6-15(30-2)7-9-16/h1,6-11,14H,4-5,12-13H2,2H3,(H2,22,28,29). The Hall–Kier alpha value is -2.98. The molecule has 0 aliphatic carbocycles. The van der Waals surface area contributed by atoms with Gasteiger partial charge in [0, 0.05) is 6.42 Å². The molecule has 2 aromatic carbocycles. The Morgan fingerprint density at radius 1 is 1.15 bits per heavy atom. The number of thiazole rings is 1. The van der Waals surface area contributed by atoms with Crippen molar-refractivity contribution in [2.45, 2.75) is 29.2 Å². The van der Waals surface area contributed by atoms with E-state index in [1.54, 1.807) is 22.8 Å². The van der Waals surface area contributed by atoms with Crippen molar-refractivity contribution in [1.29, 1.82) is 0 Å². The number of amides is 1. The molecule has 0 aliphatic rings. The molecule has 3 rings (SSSR count). The van der Waals surface area contributed by atoms with Gasteiger partial charge < -0.3 is 9.30 Å². The highest BCUT2D eigenvalue weighted by Crippen LogP contribution is 2.21. The van der Waals surface area contributed by atoms with Gasteiger partial charge in [0.15, 0.2) is 14.6 Å². The lowest BCUT2D eigenvalue weighted by molar-refractivity contribution is -0.118. The molecule has 1 heterocycles. The van der Waals surface area contributed by atoms with Crippen LogP contribution in [0.1, 0.15) is 12.8 Å². The number of sulfone groups is 1. The fourth-order valence-electron chi connectivity index (χ4n) is 3.04. The molecule has 0 bridgehead atoms. The molecule has 1 amide bonds. The number of hydrogen-bond donors (Lipinski definition) is 1. The van der Waals surface area contributed by atoms with Gasteiger partial charge in [-0.05, 0) is 48.9 Å². The third-order valence-electron chi connectivity index (χ3n) is 4.67. The summed E-state index contributed by atoms with van der Waals surface area (Å²) in [5.41, 5.74) is 0.610. The predicted octanol–water partition coefficient (Wildman–Crippen LogP) is 1.67. The van der Waals surface area contributed by atoms with Crippen LogP contribution in [-0.4, -0.2) is 40.2 Å². The molecule has 0 aliphatic heterocycles. The fraction of sp³-hybridized carbons (Fsp3) is 0.238. The normalized spacial score (nSPS) is 12.6. The van der Waals surface area contributed by atoms with Gasteiger partial charge in [0.1, 0.15) is 5.75 Å². The maximum atomic E-state index is 12.5. The van der Waals surface area contributed by atoms with Gasteiger partial charge in [-0.1, -0.05) is 17.3 Å². The molecule has 0 radical (unpaired) electrons. The highest BCUT2D eigenvalue weighted by atomic mass is 32.2.